The molecule has 100 heavy (non-hydrogen) atoms. The van der Waals surface area contributed by atoms with E-state index in [4.69, 9.17) is 18.9 Å². The Morgan fingerprint density at radius 1 is 0.200 bits per heavy atom. The molecule has 38 rings (SSSR count). The zero-order valence-corrected chi connectivity index (χ0v) is 57.9. The molecule has 4 atom stereocenters. The van der Waals surface area contributed by atoms with E-state index in [2.05, 4.69) is 0 Å². The lowest BCUT2D eigenvalue weighted by Gasteiger charge is -2.58. The molecule has 0 saturated carbocycles. The number of hydrogen-bond acceptors (Lipinski definition) is 16. The smallest absolute Gasteiger partial charge is 0.346 e. The first-order chi connectivity index (χ1) is 49.2. The van der Waals surface area contributed by atoms with Gasteiger partial charge in [0.15, 0.2) is 0 Å². The maximum Gasteiger partial charge on any atom is 0.346 e. The predicted octanol–water partition coefficient (Wildman–Crippen LogP) is 22.2. The van der Waals surface area contributed by atoms with Gasteiger partial charge in [0.25, 0.3) is 0 Å². The zero-order valence-electron chi connectivity index (χ0n) is 51.4. The van der Waals surface area contributed by atoms with Crippen LogP contribution in [0.3, 0.4) is 0 Å². The van der Waals surface area contributed by atoms with Crippen LogP contribution in [0.2, 0.25) is 0 Å². The van der Waals surface area contributed by atoms with Crippen LogP contribution in [-0.4, -0.2) is 52.3 Å². The van der Waals surface area contributed by atoms with Gasteiger partial charge < -0.3 is 18.9 Å². The number of ether oxygens (including phenoxy) is 4. The fourth-order valence-electron chi connectivity index (χ4n) is 30.0. The van der Waals surface area contributed by atoms with Crippen LogP contribution in [0.5, 0.6) is 0 Å². The molecule has 10 aliphatic carbocycles. The molecule has 0 N–H and O–H groups in total. The maximum atomic E-state index is 13.7. The monoisotopic (exact) mass is 1410 g/mol. The predicted molar refractivity (Wildman–Crippen MR) is 416 cm³/mol. The Morgan fingerprint density at radius 3 is 0.470 bits per heavy atom. The van der Waals surface area contributed by atoms with Crippen LogP contribution in [0.4, 0.5) is 0 Å². The molecule has 4 heterocycles. The number of carbonyl (C=O) groups is 4. The highest BCUT2D eigenvalue weighted by Crippen LogP contribution is 2.91. The van der Waals surface area contributed by atoms with Crippen molar-refractivity contribution >= 4 is 377 Å². The van der Waals surface area contributed by atoms with E-state index in [1.165, 1.54) is 95.1 Å². The summed E-state index contributed by atoms with van der Waals surface area (Å²) in [7, 11) is 5.61. The number of benzene rings is 16. The number of thioether (sulfide) groups is 8. The van der Waals surface area contributed by atoms with E-state index in [0.717, 1.165) is 42.6 Å². The van der Waals surface area contributed by atoms with Gasteiger partial charge in [-0.15, -0.1) is 0 Å². The van der Waals surface area contributed by atoms with Crippen LogP contribution in [0.25, 0.3) is 259 Å². The molecular weight excluding hydrogens is 1390 g/mol. The van der Waals surface area contributed by atoms with Crippen molar-refractivity contribution in [2.75, 3.05) is 28.4 Å². The second-order valence-corrected chi connectivity index (χ2v) is 41.8. The molecular formula is C84H20O8S8. The van der Waals surface area contributed by atoms with E-state index in [1.807, 2.05) is 47.0 Å². The van der Waals surface area contributed by atoms with Gasteiger partial charge in [0.05, 0.1) is 45.4 Å². The molecule has 8 nitrogen and oxygen atoms in total. The topological polar surface area (TPSA) is 105 Å². The number of esters is 4. The molecule has 0 saturated heterocycles. The van der Waals surface area contributed by atoms with Crippen LogP contribution < -0.4 is 0 Å². The summed E-state index contributed by atoms with van der Waals surface area (Å²) in [6.07, 6.45) is 3.54. The lowest BCUT2D eigenvalue weighted by molar-refractivity contribution is -0.138. The highest BCUT2D eigenvalue weighted by Gasteiger charge is 2.76. The molecule has 0 radical (unpaired) electrons. The van der Waals surface area contributed by atoms with E-state index in [-0.39, 0.29) is 0 Å². The van der Waals surface area contributed by atoms with Gasteiger partial charge in [-0.3, -0.25) is 0 Å². The molecule has 0 aromatic heterocycles. The Kier molecular flexibility index (Phi) is 5.54. The van der Waals surface area contributed by atoms with Crippen molar-refractivity contribution in [3.05, 3.63) is 101 Å². The highest BCUT2D eigenvalue weighted by atomic mass is 32.2. The summed E-state index contributed by atoms with van der Waals surface area (Å²) in [5, 5.41) is 76.1. The van der Waals surface area contributed by atoms with Gasteiger partial charge in [-0.1, -0.05) is 94.1 Å². The summed E-state index contributed by atoms with van der Waals surface area (Å²) < 4.78 is 25.8. The van der Waals surface area contributed by atoms with Gasteiger partial charge in [0.2, 0.25) is 0 Å². The van der Waals surface area contributed by atoms with E-state index in [0.29, 0.717) is 19.6 Å². The third-order valence-corrected chi connectivity index (χ3v) is 42.6. The second-order valence-electron chi connectivity index (χ2n) is 32.3. The highest BCUT2D eigenvalue weighted by molar-refractivity contribution is 8.35. The van der Waals surface area contributed by atoms with E-state index in [9.17, 15) is 19.2 Å². The summed E-state index contributed by atoms with van der Waals surface area (Å²) in [5.74, 6) is -2.02. The van der Waals surface area contributed by atoms with Crippen molar-refractivity contribution in [2.24, 2.45) is 0 Å². The average molecular weight is 1410 g/mol. The van der Waals surface area contributed by atoms with Crippen molar-refractivity contribution < 1.29 is 38.1 Å². The van der Waals surface area contributed by atoms with E-state index >= 15 is 0 Å². The Morgan fingerprint density at radius 2 is 0.320 bits per heavy atom. The minimum Gasteiger partial charge on any atom is -0.465 e. The normalized spacial score (nSPS) is 26.2. The van der Waals surface area contributed by atoms with E-state index < -0.39 is 45.5 Å². The molecule has 24 aromatic rings. The maximum absolute atomic E-state index is 13.7. The molecule has 452 valence electrons. The molecule has 0 fully saturated rings. The first-order valence-electron chi connectivity index (χ1n) is 34.4. The minimum absolute atomic E-state index is 0.308. The fourth-order valence-corrected chi connectivity index (χ4v) is 41.4. The lowest BCUT2D eigenvalue weighted by Crippen LogP contribution is -2.54. The largest absolute Gasteiger partial charge is 0.465 e. The first-order valence-corrected chi connectivity index (χ1v) is 40.9. The third-order valence-electron chi connectivity index (χ3n) is 31.1. The third kappa shape index (κ3) is 3.11. The van der Waals surface area contributed by atoms with Gasteiger partial charge in [0.1, 0.15) is 19.6 Å². The van der Waals surface area contributed by atoms with Crippen LogP contribution in [-0.2, 0) is 59.8 Å². The number of allylic oxidation sites excluding steroid dienone is 4. The first kappa shape index (κ1) is 46.4. The summed E-state index contributed by atoms with van der Waals surface area (Å²) >= 11 is 13.3. The fraction of sp³-hybridized carbons (Fsp3) is 0.143. The van der Waals surface area contributed by atoms with Crippen molar-refractivity contribution in [2.45, 2.75) is 47.3 Å². The quantitative estimate of drug-likeness (QED) is 0.0947. The van der Waals surface area contributed by atoms with Crippen LogP contribution in [0.15, 0.2) is 56.2 Å². The van der Waals surface area contributed by atoms with E-state index in [1.54, 1.807) is 303 Å². The summed E-state index contributed by atoms with van der Waals surface area (Å²) in [4.78, 5) is 61.9. The Balaban J connectivity index is 0.796. The van der Waals surface area contributed by atoms with Gasteiger partial charge in [-0.2, -0.15) is 0 Å². The van der Waals surface area contributed by atoms with Gasteiger partial charge in [0, 0.05) is 41.3 Å². The SMILES string of the molecule is COC(=O)C1=C(C(=O)OC)SC(=C2SC3=C(CC45c6c7c8c9c%10c%11c%12c8c8c%13c%14c%15c%16c%17c%18c(c%11c%11c%19c%10c(c%10c%20c4c4c6c6c(c78)c%14c7c6c6c4c4c%20c8c%10c%19c%10c%11c%18c%11c%17c%14c%15c7c7c%14c%14c%11c%10c8c%14c4c67)C95C3)C%123CC4=C(CC%13%163)SC(=C3SC(C(=O)OC)=C(C(=O)OC)S3)S4)S2)S1. The Labute approximate surface area is 585 Å². The van der Waals surface area contributed by atoms with Gasteiger partial charge in [-0.25, -0.2) is 19.2 Å². The Hall–Kier alpha value is -8.16. The lowest BCUT2D eigenvalue weighted by atomic mass is 9.44. The van der Waals surface area contributed by atoms with Crippen LogP contribution in [0.1, 0.15) is 70.2 Å². The van der Waals surface area contributed by atoms with Crippen molar-refractivity contribution in [3.63, 3.8) is 0 Å². The van der Waals surface area contributed by atoms with Crippen molar-refractivity contribution in [1.82, 2.24) is 0 Å². The second kappa shape index (κ2) is 11.9. The Bertz CT molecular complexity index is 8580. The zero-order chi connectivity index (χ0) is 62.9. The summed E-state index contributed by atoms with van der Waals surface area (Å²) in [6, 6.07) is 0. The molecule has 0 amide bonds. The molecule has 0 bridgehead atoms. The minimum atomic E-state index is -0.505. The summed E-state index contributed by atoms with van der Waals surface area (Å²) in [6.45, 7) is 0. The van der Waals surface area contributed by atoms with Gasteiger partial charge >= 0.3 is 23.9 Å². The average Bonchev–Trinajstić information content (AvgIpc) is 1.37. The standard InChI is InChI=1S/C84H20O8S8/c1-89-73(85)69-70(74(86)90-2)98-79(97-69)77-93-9-5-81-61-45-34-23-16-17-21-14-13-18-15-19(14)30-39-28(21)35-24(17)26-25(23)36-33-37(26)48-46(35)62-50(39)52-41(30)32-22(15)31-40-29(18)38(27(34)20(13)16)49(61)51(40)63-53-42(31)43(32)54-58-57(53)67(83(63,81)7-11(9)95-77)59-55(65(81)47(36)45)44(33)56-60(59)68(58)84(64(52)54)8-12-10(6-82(62,84)66(48)56)94-78(96-12)80-99-71(75(87)91-3)72(100-80)76(88)92-4/h5-8H2,1-4H3. The molecule has 14 aliphatic rings. The van der Waals surface area contributed by atoms with Gasteiger partial charge in [-0.05, 0) is 329 Å². The number of carbonyl (C=O) groups excluding carboxylic acids is 4. The number of methoxy groups -OCH3 is 4. The van der Waals surface area contributed by atoms with Crippen molar-refractivity contribution in [1.29, 1.82) is 0 Å². The number of rotatable bonds is 4. The summed E-state index contributed by atoms with van der Waals surface area (Å²) in [5.41, 5.74) is 11.5. The van der Waals surface area contributed by atoms with Crippen LogP contribution in [0, 0.1) is 0 Å². The molecule has 4 aliphatic heterocycles. The molecule has 24 aromatic carbocycles. The molecule has 16 heteroatoms. The molecule has 4 unspecified atom stereocenters. The number of hydrogen-bond donors (Lipinski definition) is 0. The molecule has 4 spiro atoms. The van der Waals surface area contributed by atoms with Crippen molar-refractivity contribution in [3.8, 4) is 0 Å². The van der Waals surface area contributed by atoms with Crippen LogP contribution >= 0.6 is 94.1 Å².